The lowest BCUT2D eigenvalue weighted by Crippen LogP contribution is -2.47. The maximum Gasteiger partial charge on any atom is 0.0558 e. The van der Waals surface area contributed by atoms with E-state index in [4.69, 9.17) is 10.8 Å². The van der Waals surface area contributed by atoms with Crippen LogP contribution in [0.15, 0.2) is 0 Å². The van der Waals surface area contributed by atoms with Gasteiger partial charge in [-0.15, -0.1) is 0 Å². The van der Waals surface area contributed by atoms with E-state index in [9.17, 15) is 0 Å². The monoisotopic (exact) mass is 283 g/mol. The highest BCUT2D eigenvalue weighted by Crippen LogP contribution is 2.33. The van der Waals surface area contributed by atoms with Crippen molar-refractivity contribution < 1.29 is 5.11 Å². The van der Waals surface area contributed by atoms with E-state index < -0.39 is 0 Å². The second-order valence-electron chi connectivity index (χ2n) is 7.10. The average molecular weight is 283 g/mol. The van der Waals surface area contributed by atoms with E-state index in [1.54, 1.807) is 0 Å². The fourth-order valence-electron chi connectivity index (χ4n) is 4.15. The number of nitrogens with zero attached hydrogens (tertiary/aromatic N) is 2. The first-order valence-corrected chi connectivity index (χ1v) is 8.41. The molecule has 1 aliphatic carbocycles. The quantitative estimate of drug-likeness (QED) is 0.808. The highest BCUT2D eigenvalue weighted by atomic mass is 16.3. The molecule has 1 saturated carbocycles. The third kappa shape index (κ3) is 4.42. The van der Waals surface area contributed by atoms with Crippen LogP contribution < -0.4 is 5.73 Å². The molecular formula is C16H33N3O. The van der Waals surface area contributed by atoms with E-state index in [2.05, 4.69) is 23.6 Å². The maximum absolute atomic E-state index is 9.06. The van der Waals surface area contributed by atoms with E-state index >= 15 is 0 Å². The molecule has 2 rings (SSSR count). The Bertz CT molecular complexity index is 275. The molecular weight excluding hydrogens is 250 g/mol. The van der Waals surface area contributed by atoms with Gasteiger partial charge in [-0.1, -0.05) is 13.8 Å². The van der Waals surface area contributed by atoms with Gasteiger partial charge in [0.05, 0.1) is 6.61 Å². The molecule has 0 spiro atoms. The van der Waals surface area contributed by atoms with E-state index in [-0.39, 0.29) is 6.61 Å². The van der Waals surface area contributed by atoms with Crippen LogP contribution in [0.3, 0.4) is 0 Å². The molecule has 3 N–H and O–H groups in total. The molecule has 2 fully saturated rings. The van der Waals surface area contributed by atoms with Gasteiger partial charge in [-0.25, -0.2) is 0 Å². The summed E-state index contributed by atoms with van der Waals surface area (Å²) in [4.78, 5) is 4.99. The van der Waals surface area contributed by atoms with Crippen LogP contribution in [-0.4, -0.2) is 66.8 Å². The minimum absolute atomic E-state index is 0.280. The molecule has 0 aromatic carbocycles. The van der Waals surface area contributed by atoms with Gasteiger partial charge in [0.1, 0.15) is 0 Å². The van der Waals surface area contributed by atoms with E-state index in [1.165, 1.54) is 32.4 Å². The molecule has 4 unspecified atom stereocenters. The summed E-state index contributed by atoms with van der Waals surface area (Å²) in [6, 6.07) is 0.380. The van der Waals surface area contributed by atoms with Crippen LogP contribution in [0.1, 0.15) is 33.1 Å². The number of hydrogen-bond acceptors (Lipinski definition) is 4. The fraction of sp³-hybridized carbons (Fsp3) is 1.00. The van der Waals surface area contributed by atoms with Crippen LogP contribution in [0, 0.1) is 17.8 Å². The van der Waals surface area contributed by atoms with Crippen LogP contribution >= 0.6 is 0 Å². The van der Waals surface area contributed by atoms with Crippen molar-refractivity contribution in [1.82, 2.24) is 9.80 Å². The van der Waals surface area contributed by atoms with Gasteiger partial charge in [0.25, 0.3) is 0 Å². The van der Waals surface area contributed by atoms with Crippen LogP contribution in [0.5, 0.6) is 0 Å². The van der Waals surface area contributed by atoms with E-state index in [1.807, 2.05) is 0 Å². The Morgan fingerprint density at radius 3 is 2.45 bits per heavy atom. The van der Waals surface area contributed by atoms with Gasteiger partial charge in [0.15, 0.2) is 0 Å². The molecule has 0 bridgehead atoms. The summed E-state index contributed by atoms with van der Waals surface area (Å²) in [5.74, 6) is 2.21. The zero-order valence-corrected chi connectivity index (χ0v) is 13.3. The van der Waals surface area contributed by atoms with Crippen molar-refractivity contribution >= 4 is 0 Å². The Hall–Kier alpha value is -0.160. The van der Waals surface area contributed by atoms with Gasteiger partial charge in [0, 0.05) is 32.2 Å². The zero-order valence-electron chi connectivity index (χ0n) is 13.3. The maximum atomic E-state index is 9.06. The summed E-state index contributed by atoms with van der Waals surface area (Å²) in [6.07, 6.45) is 3.75. The summed E-state index contributed by atoms with van der Waals surface area (Å²) < 4.78 is 0. The highest BCUT2D eigenvalue weighted by Gasteiger charge is 2.33. The number of hydrogen-bond donors (Lipinski definition) is 2. The molecule has 0 aromatic heterocycles. The number of aliphatic hydroxyl groups is 1. The van der Waals surface area contributed by atoms with Crippen molar-refractivity contribution in [2.24, 2.45) is 23.5 Å². The number of aliphatic hydroxyl groups excluding tert-OH is 1. The first kappa shape index (κ1) is 16.2. The zero-order chi connectivity index (χ0) is 14.5. The second-order valence-corrected chi connectivity index (χ2v) is 7.10. The van der Waals surface area contributed by atoms with Gasteiger partial charge in [-0.3, -0.25) is 4.90 Å². The molecule has 4 nitrogen and oxygen atoms in total. The van der Waals surface area contributed by atoms with Crippen LogP contribution in [0.4, 0.5) is 0 Å². The Kier molecular flexibility index (Phi) is 6.27. The van der Waals surface area contributed by atoms with E-state index in [0.29, 0.717) is 12.0 Å². The molecule has 4 atom stereocenters. The first-order chi connectivity index (χ1) is 9.60. The fourth-order valence-corrected chi connectivity index (χ4v) is 4.15. The van der Waals surface area contributed by atoms with Gasteiger partial charge < -0.3 is 15.7 Å². The predicted octanol–water partition coefficient (Wildman–Crippen LogP) is 0.996. The Labute approximate surface area is 124 Å². The van der Waals surface area contributed by atoms with Crippen LogP contribution in [0.25, 0.3) is 0 Å². The third-order valence-electron chi connectivity index (χ3n) is 5.30. The van der Waals surface area contributed by atoms with Crippen molar-refractivity contribution in [3.05, 3.63) is 0 Å². The summed E-state index contributed by atoms with van der Waals surface area (Å²) in [7, 11) is 0. The topological polar surface area (TPSA) is 52.7 Å². The molecule has 2 aliphatic rings. The van der Waals surface area contributed by atoms with Crippen molar-refractivity contribution in [1.29, 1.82) is 0 Å². The summed E-state index contributed by atoms with van der Waals surface area (Å²) in [6.45, 7) is 11.5. The largest absolute Gasteiger partial charge is 0.395 e. The second kappa shape index (κ2) is 7.74. The molecule has 20 heavy (non-hydrogen) atoms. The van der Waals surface area contributed by atoms with Crippen LogP contribution in [0.2, 0.25) is 0 Å². The SMILES string of the molecule is CC1CC(C)C(CN2CCCN(CCO)CC2)C(N)C1. The summed E-state index contributed by atoms with van der Waals surface area (Å²) >= 11 is 0. The van der Waals surface area contributed by atoms with Gasteiger partial charge >= 0.3 is 0 Å². The minimum Gasteiger partial charge on any atom is -0.395 e. The predicted molar refractivity (Wildman–Crippen MR) is 83.6 cm³/mol. The molecule has 118 valence electrons. The normalized spacial score (nSPS) is 37.8. The number of rotatable bonds is 4. The van der Waals surface area contributed by atoms with Crippen molar-refractivity contribution in [2.45, 2.75) is 39.2 Å². The minimum atomic E-state index is 0.280. The number of β-amino-alcohol motifs (C(OH)–C–C–N with tert-alkyl or cyclic N) is 1. The van der Waals surface area contributed by atoms with Crippen LogP contribution in [-0.2, 0) is 0 Å². The Morgan fingerprint density at radius 1 is 1.05 bits per heavy atom. The molecule has 0 aromatic rings. The lowest BCUT2D eigenvalue weighted by Gasteiger charge is -2.40. The number of nitrogens with two attached hydrogens (primary N) is 1. The molecule has 0 radical (unpaired) electrons. The van der Waals surface area contributed by atoms with Crippen molar-refractivity contribution in [2.75, 3.05) is 45.9 Å². The third-order valence-corrected chi connectivity index (χ3v) is 5.30. The van der Waals surface area contributed by atoms with Gasteiger partial charge in [-0.2, -0.15) is 0 Å². The lowest BCUT2D eigenvalue weighted by molar-refractivity contribution is 0.118. The van der Waals surface area contributed by atoms with E-state index in [0.717, 1.165) is 38.0 Å². The summed E-state index contributed by atoms with van der Waals surface area (Å²) in [5, 5.41) is 9.06. The smallest absolute Gasteiger partial charge is 0.0558 e. The summed E-state index contributed by atoms with van der Waals surface area (Å²) in [5.41, 5.74) is 6.42. The van der Waals surface area contributed by atoms with Crippen molar-refractivity contribution in [3.8, 4) is 0 Å². The average Bonchev–Trinajstić information content (AvgIpc) is 2.60. The molecule has 1 saturated heterocycles. The van der Waals surface area contributed by atoms with Gasteiger partial charge in [0.2, 0.25) is 0 Å². The molecule has 1 heterocycles. The standard InChI is InChI=1S/C16H33N3O/c1-13-10-14(2)15(16(17)11-13)12-19-5-3-4-18(6-7-19)8-9-20/h13-16,20H,3-12,17H2,1-2H3. The molecule has 0 amide bonds. The Balaban J connectivity index is 1.83. The lowest BCUT2D eigenvalue weighted by atomic mass is 9.72. The first-order valence-electron chi connectivity index (χ1n) is 8.41. The molecule has 4 heteroatoms. The highest BCUT2D eigenvalue weighted by molar-refractivity contribution is 4.88. The Morgan fingerprint density at radius 2 is 1.75 bits per heavy atom. The van der Waals surface area contributed by atoms with Gasteiger partial charge in [-0.05, 0) is 50.1 Å². The van der Waals surface area contributed by atoms with Crippen molar-refractivity contribution in [3.63, 3.8) is 0 Å². The molecule has 1 aliphatic heterocycles.